The molecule has 84 valence electrons. The minimum Gasteiger partial charge on any atom is -0.346 e. The highest BCUT2D eigenvalue weighted by Crippen LogP contribution is 2.36. The third kappa shape index (κ3) is 1.35. The van der Waals surface area contributed by atoms with E-state index in [0.29, 0.717) is 0 Å². The maximum absolute atomic E-state index is 6.22. The van der Waals surface area contributed by atoms with Gasteiger partial charge < -0.3 is 10.3 Å². The Morgan fingerprint density at radius 3 is 3.06 bits per heavy atom. The van der Waals surface area contributed by atoms with Crippen LogP contribution >= 0.6 is 15.9 Å². The normalized spacial score (nSPS) is 20.1. The average Bonchev–Trinajstić information content (AvgIpc) is 2.54. The molecule has 0 radical (unpaired) electrons. The first kappa shape index (κ1) is 10.4. The second-order valence-electron chi connectivity index (χ2n) is 4.58. The highest BCUT2D eigenvalue weighted by Gasteiger charge is 2.23. The molecule has 16 heavy (non-hydrogen) atoms. The molecule has 0 saturated heterocycles. The van der Waals surface area contributed by atoms with Gasteiger partial charge in [-0.1, -0.05) is 15.9 Å². The van der Waals surface area contributed by atoms with Gasteiger partial charge in [0.25, 0.3) is 0 Å². The van der Waals surface area contributed by atoms with Crippen LogP contribution in [0.3, 0.4) is 0 Å². The number of aromatic nitrogens is 1. The lowest BCUT2D eigenvalue weighted by atomic mass is 9.92. The van der Waals surface area contributed by atoms with Crippen molar-refractivity contribution in [2.24, 2.45) is 12.8 Å². The molecular weight excluding hydrogens is 264 g/mol. The van der Waals surface area contributed by atoms with Crippen LogP contribution in [-0.2, 0) is 13.5 Å². The van der Waals surface area contributed by atoms with E-state index in [4.69, 9.17) is 5.73 Å². The molecule has 1 unspecified atom stereocenters. The summed E-state index contributed by atoms with van der Waals surface area (Å²) in [6, 6.07) is 6.69. The summed E-state index contributed by atoms with van der Waals surface area (Å²) in [7, 11) is 2.13. The maximum Gasteiger partial charge on any atom is 0.0484 e. The Labute approximate surface area is 104 Å². The largest absolute Gasteiger partial charge is 0.346 e. The molecule has 0 aliphatic heterocycles. The number of benzene rings is 1. The number of rotatable bonds is 0. The van der Waals surface area contributed by atoms with Gasteiger partial charge in [-0.25, -0.2) is 0 Å². The SMILES string of the molecule is Cn1c2c(c3cc(Br)ccc31)CCCC2N. The van der Waals surface area contributed by atoms with Crippen molar-refractivity contribution in [3.8, 4) is 0 Å². The van der Waals surface area contributed by atoms with Crippen LogP contribution in [-0.4, -0.2) is 4.57 Å². The van der Waals surface area contributed by atoms with Gasteiger partial charge in [0.05, 0.1) is 0 Å². The molecular formula is C13H15BrN2. The van der Waals surface area contributed by atoms with Crippen LogP contribution < -0.4 is 5.73 Å². The molecule has 0 spiro atoms. The van der Waals surface area contributed by atoms with Gasteiger partial charge in [0.15, 0.2) is 0 Å². The second kappa shape index (κ2) is 3.60. The van der Waals surface area contributed by atoms with E-state index in [1.54, 1.807) is 0 Å². The van der Waals surface area contributed by atoms with Crippen molar-refractivity contribution in [2.45, 2.75) is 25.3 Å². The summed E-state index contributed by atoms with van der Waals surface area (Å²) in [6.07, 6.45) is 3.48. The molecule has 1 aromatic heterocycles. The number of nitrogens with zero attached hydrogens (tertiary/aromatic N) is 1. The Balaban J connectivity index is 2.39. The number of aryl methyl sites for hydroxylation is 2. The highest BCUT2D eigenvalue weighted by atomic mass is 79.9. The summed E-state index contributed by atoms with van der Waals surface area (Å²) < 4.78 is 3.41. The molecule has 3 rings (SSSR count). The third-order valence-electron chi connectivity index (χ3n) is 3.61. The van der Waals surface area contributed by atoms with Gasteiger partial charge in [0, 0.05) is 34.2 Å². The minimum absolute atomic E-state index is 0.208. The Kier molecular flexibility index (Phi) is 2.33. The van der Waals surface area contributed by atoms with Gasteiger partial charge in [0.2, 0.25) is 0 Å². The van der Waals surface area contributed by atoms with E-state index in [0.717, 1.165) is 17.3 Å². The summed E-state index contributed by atoms with van der Waals surface area (Å²) in [5, 5.41) is 1.36. The van der Waals surface area contributed by atoms with Gasteiger partial charge in [-0.05, 0) is 43.0 Å². The average molecular weight is 279 g/mol. The monoisotopic (exact) mass is 278 g/mol. The first-order valence-corrected chi connectivity index (χ1v) is 6.50. The molecule has 0 amide bonds. The number of hydrogen-bond acceptors (Lipinski definition) is 1. The van der Waals surface area contributed by atoms with Crippen LogP contribution in [0, 0.1) is 0 Å². The third-order valence-corrected chi connectivity index (χ3v) is 4.10. The Hall–Kier alpha value is -0.800. The molecule has 0 bridgehead atoms. The van der Waals surface area contributed by atoms with E-state index in [9.17, 15) is 0 Å². The van der Waals surface area contributed by atoms with Crippen LogP contribution in [0.15, 0.2) is 22.7 Å². The van der Waals surface area contributed by atoms with Gasteiger partial charge in [-0.3, -0.25) is 0 Å². The van der Waals surface area contributed by atoms with Gasteiger partial charge >= 0.3 is 0 Å². The molecule has 2 nitrogen and oxygen atoms in total. The first-order chi connectivity index (χ1) is 7.68. The summed E-state index contributed by atoms with van der Waals surface area (Å²) in [6.45, 7) is 0. The fourth-order valence-corrected chi connectivity index (χ4v) is 3.24. The van der Waals surface area contributed by atoms with E-state index in [1.165, 1.54) is 28.6 Å². The van der Waals surface area contributed by atoms with E-state index in [2.05, 4.69) is 45.7 Å². The summed E-state index contributed by atoms with van der Waals surface area (Å²) in [5.41, 5.74) is 10.3. The molecule has 1 atom stereocenters. The lowest BCUT2D eigenvalue weighted by Crippen LogP contribution is -2.19. The van der Waals surface area contributed by atoms with E-state index >= 15 is 0 Å². The predicted octanol–water partition coefficient (Wildman–Crippen LogP) is 3.28. The number of halogens is 1. The molecule has 2 N–H and O–H groups in total. The molecule has 1 heterocycles. The van der Waals surface area contributed by atoms with E-state index in [-0.39, 0.29) is 6.04 Å². The quantitative estimate of drug-likeness (QED) is 0.788. The molecule has 1 aromatic carbocycles. The maximum atomic E-state index is 6.22. The van der Waals surface area contributed by atoms with Crippen molar-refractivity contribution in [1.29, 1.82) is 0 Å². The van der Waals surface area contributed by atoms with Crippen molar-refractivity contribution in [2.75, 3.05) is 0 Å². The number of nitrogens with two attached hydrogens (primary N) is 1. The van der Waals surface area contributed by atoms with Crippen molar-refractivity contribution < 1.29 is 0 Å². The molecule has 2 aromatic rings. The van der Waals surface area contributed by atoms with Gasteiger partial charge in [0.1, 0.15) is 0 Å². The zero-order chi connectivity index (χ0) is 11.3. The molecule has 1 aliphatic carbocycles. The van der Waals surface area contributed by atoms with Crippen molar-refractivity contribution in [1.82, 2.24) is 4.57 Å². The van der Waals surface area contributed by atoms with Crippen LogP contribution in [0.1, 0.15) is 30.1 Å². The molecule has 0 saturated carbocycles. The number of hydrogen-bond donors (Lipinski definition) is 1. The Morgan fingerprint density at radius 2 is 2.25 bits per heavy atom. The first-order valence-electron chi connectivity index (χ1n) is 5.71. The minimum atomic E-state index is 0.208. The zero-order valence-electron chi connectivity index (χ0n) is 9.33. The topological polar surface area (TPSA) is 30.9 Å². The van der Waals surface area contributed by atoms with Crippen molar-refractivity contribution >= 4 is 26.8 Å². The van der Waals surface area contributed by atoms with Crippen molar-refractivity contribution in [3.63, 3.8) is 0 Å². The van der Waals surface area contributed by atoms with Crippen molar-refractivity contribution in [3.05, 3.63) is 33.9 Å². The lowest BCUT2D eigenvalue weighted by Gasteiger charge is -2.20. The zero-order valence-corrected chi connectivity index (χ0v) is 10.9. The van der Waals surface area contributed by atoms with E-state index < -0.39 is 0 Å². The summed E-state index contributed by atoms with van der Waals surface area (Å²) in [4.78, 5) is 0. The second-order valence-corrected chi connectivity index (χ2v) is 5.50. The molecule has 1 aliphatic rings. The Bertz CT molecular complexity index is 557. The summed E-state index contributed by atoms with van der Waals surface area (Å²) >= 11 is 3.54. The Morgan fingerprint density at radius 1 is 1.44 bits per heavy atom. The van der Waals surface area contributed by atoms with E-state index in [1.807, 2.05) is 0 Å². The molecule has 0 fully saturated rings. The summed E-state index contributed by atoms with van der Waals surface area (Å²) in [5.74, 6) is 0. The smallest absolute Gasteiger partial charge is 0.0484 e. The highest BCUT2D eigenvalue weighted by molar-refractivity contribution is 9.10. The van der Waals surface area contributed by atoms with Crippen LogP contribution in [0.5, 0.6) is 0 Å². The predicted molar refractivity (Wildman–Crippen MR) is 70.5 cm³/mol. The van der Waals surface area contributed by atoms with Crippen LogP contribution in [0.4, 0.5) is 0 Å². The fourth-order valence-electron chi connectivity index (χ4n) is 2.88. The molecule has 3 heteroatoms. The van der Waals surface area contributed by atoms with Crippen LogP contribution in [0.25, 0.3) is 10.9 Å². The fraction of sp³-hybridized carbons (Fsp3) is 0.385. The van der Waals surface area contributed by atoms with Gasteiger partial charge in [-0.2, -0.15) is 0 Å². The van der Waals surface area contributed by atoms with Crippen LogP contribution in [0.2, 0.25) is 0 Å². The number of fused-ring (bicyclic) bond motifs is 3. The lowest BCUT2D eigenvalue weighted by molar-refractivity contribution is 0.542. The van der Waals surface area contributed by atoms with Gasteiger partial charge in [-0.15, -0.1) is 0 Å². The standard InChI is InChI=1S/C13H15BrN2/c1-16-12-6-5-8(14)7-10(12)9-3-2-4-11(15)13(9)16/h5-7,11H,2-4,15H2,1H3.